The number of ether oxygens (including phenoxy) is 3. The Labute approximate surface area is 172 Å². The normalized spacial score (nSPS) is 10.9. The lowest BCUT2D eigenvalue weighted by molar-refractivity contribution is 0.0600. The Morgan fingerprint density at radius 2 is 1.79 bits per heavy atom. The first kappa shape index (κ1) is 20.1. The lowest BCUT2D eigenvalue weighted by atomic mass is 10.1. The summed E-state index contributed by atoms with van der Waals surface area (Å²) in [6.07, 6.45) is 1.73. The molecule has 0 aliphatic rings. The highest BCUT2D eigenvalue weighted by molar-refractivity contribution is 7.11. The van der Waals surface area contributed by atoms with Crippen molar-refractivity contribution >= 4 is 29.0 Å². The minimum atomic E-state index is -0.402. The van der Waals surface area contributed by atoms with Crippen LogP contribution in [0.15, 0.2) is 47.8 Å². The molecule has 0 aliphatic heterocycles. The average molecular weight is 406 g/mol. The van der Waals surface area contributed by atoms with Gasteiger partial charge in [-0.15, -0.1) is 11.3 Å². The van der Waals surface area contributed by atoms with Crippen LogP contribution in [0.3, 0.4) is 0 Å². The number of carbonyl (C=O) groups is 1. The molecule has 0 aliphatic carbocycles. The minimum Gasteiger partial charge on any atom is -0.493 e. The summed E-state index contributed by atoms with van der Waals surface area (Å²) in [6, 6.07) is 14.6. The molecule has 6 nitrogen and oxygen atoms in total. The van der Waals surface area contributed by atoms with Gasteiger partial charge < -0.3 is 14.2 Å². The summed E-state index contributed by atoms with van der Waals surface area (Å²) in [6.45, 7) is 0. The van der Waals surface area contributed by atoms with Crippen LogP contribution in [-0.4, -0.2) is 32.3 Å². The zero-order chi connectivity index (χ0) is 20.8. The number of carbonyl (C=O) groups excluding carboxylic acids is 1. The third-order valence-electron chi connectivity index (χ3n) is 4.18. The predicted molar refractivity (Wildman–Crippen MR) is 112 cm³/mol. The maximum atomic E-state index is 11.5. The van der Waals surface area contributed by atoms with E-state index < -0.39 is 5.97 Å². The molecule has 0 bridgehead atoms. The van der Waals surface area contributed by atoms with Gasteiger partial charge in [-0.3, -0.25) is 0 Å². The van der Waals surface area contributed by atoms with Crippen LogP contribution < -0.4 is 9.47 Å². The standard InChI is InChI=1S/C22H18N2O4S/c1-26-19-9-8-16(11-20(19)27-2)18-13-29-21(24-18)17(12-23)10-14-4-6-15(7-5-14)22(25)28-3/h4-11,13H,1-3H3/b17-10-. The summed E-state index contributed by atoms with van der Waals surface area (Å²) in [5.74, 6) is 0.849. The molecule has 0 unspecified atom stereocenters. The molecule has 2 aromatic carbocycles. The number of rotatable bonds is 6. The fourth-order valence-electron chi connectivity index (χ4n) is 2.67. The SMILES string of the molecule is COC(=O)c1ccc(/C=C(/C#N)c2nc(-c3ccc(OC)c(OC)c3)cs2)cc1. The van der Waals surface area contributed by atoms with Crippen LogP contribution in [0.4, 0.5) is 0 Å². The van der Waals surface area contributed by atoms with E-state index in [-0.39, 0.29) is 0 Å². The van der Waals surface area contributed by atoms with Gasteiger partial charge >= 0.3 is 5.97 Å². The van der Waals surface area contributed by atoms with E-state index in [1.807, 2.05) is 23.6 Å². The molecule has 146 valence electrons. The van der Waals surface area contributed by atoms with E-state index in [2.05, 4.69) is 11.1 Å². The maximum Gasteiger partial charge on any atom is 0.337 e. The van der Waals surface area contributed by atoms with Gasteiger partial charge in [0.1, 0.15) is 11.1 Å². The quantitative estimate of drug-likeness (QED) is 0.437. The van der Waals surface area contributed by atoms with E-state index in [0.29, 0.717) is 27.6 Å². The Morgan fingerprint density at radius 1 is 1.07 bits per heavy atom. The number of methoxy groups -OCH3 is 3. The Morgan fingerprint density at radius 3 is 2.41 bits per heavy atom. The minimum absolute atomic E-state index is 0.402. The first-order valence-corrected chi connectivity index (χ1v) is 9.46. The van der Waals surface area contributed by atoms with Crippen LogP contribution >= 0.6 is 11.3 Å². The van der Waals surface area contributed by atoms with Gasteiger partial charge in [0.15, 0.2) is 11.5 Å². The Hall–Kier alpha value is -3.63. The number of nitriles is 1. The molecule has 0 saturated carbocycles. The van der Waals surface area contributed by atoms with Crippen molar-refractivity contribution in [1.82, 2.24) is 4.98 Å². The van der Waals surface area contributed by atoms with E-state index in [4.69, 9.17) is 14.2 Å². The molecule has 0 fully saturated rings. The van der Waals surface area contributed by atoms with Crippen LogP contribution in [0.2, 0.25) is 0 Å². The summed E-state index contributed by atoms with van der Waals surface area (Å²) in [4.78, 5) is 16.1. The van der Waals surface area contributed by atoms with Gasteiger partial charge in [0, 0.05) is 10.9 Å². The van der Waals surface area contributed by atoms with Gasteiger partial charge in [0.2, 0.25) is 0 Å². The summed E-state index contributed by atoms with van der Waals surface area (Å²) in [5.41, 5.74) is 3.29. The van der Waals surface area contributed by atoms with E-state index in [1.54, 1.807) is 44.6 Å². The van der Waals surface area contributed by atoms with Crippen LogP contribution in [0.5, 0.6) is 11.5 Å². The second kappa shape index (κ2) is 9.04. The second-order valence-electron chi connectivity index (χ2n) is 5.89. The number of allylic oxidation sites excluding steroid dienone is 1. The van der Waals surface area contributed by atoms with Crippen molar-refractivity contribution in [2.45, 2.75) is 0 Å². The highest BCUT2D eigenvalue weighted by atomic mass is 32.1. The van der Waals surface area contributed by atoms with Crippen molar-refractivity contribution in [3.05, 3.63) is 64.0 Å². The zero-order valence-electron chi connectivity index (χ0n) is 16.1. The molecule has 0 radical (unpaired) electrons. The number of hydrogen-bond acceptors (Lipinski definition) is 7. The number of esters is 1. The van der Waals surface area contributed by atoms with Gasteiger partial charge in [0.05, 0.1) is 38.2 Å². The van der Waals surface area contributed by atoms with Gasteiger partial charge in [-0.1, -0.05) is 12.1 Å². The molecule has 29 heavy (non-hydrogen) atoms. The van der Waals surface area contributed by atoms with Crippen LogP contribution in [-0.2, 0) is 4.74 Å². The molecule has 3 aromatic rings. The highest BCUT2D eigenvalue weighted by Crippen LogP contribution is 2.33. The first-order valence-electron chi connectivity index (χ1n) is 8.58. The average Bonchev–Trinajstić information content (AvgIpc) is 3.26. The van der Waals surface area contributed by atoms with E-state index in [1.165, 1.54) is 18.4 Å². The molecule has 1 heterocycles. The van der Waals surface area contributed by atoms with Crippen molar-refractivity contribution in [2.75, 3.05) is 21.3 Å². The molecule has 0 spiro atoms. The summed E-state index contributed by atoms with van der Waals surface area (Å²) < 4.78 is 15.3. The fraction of sp³-hybridized carbons (Fsp3) is 0.136. The Balaban J connectivity index is 1.89. The molecule has 7 heteroatoms. The van der Waals surface area contributed by atoms with Gasteiger partial charge in [0.25, 0.3) is 0 Å². The molecule has 3 rings (SSSR count). The Kier molecular flexibility index (Phi) is 6.27. The van der Waals surface area contributed by atoms with Gasteiger partial charge in [-0.05, 0) is 42.0 Å². The lowest BCUT2D eigenvalue weighted by Gasteiger charge is -2.08. The summed E-state index contributed by atoms with van der Waals surface area (Å²) >= 11 is 1.38. The largest absolute Gasteiger partial charge is 0.493 e. The number of thiazole rings is 1. The Bertz CT molecular complexity index is 1090. The van der Waals surface area contributed by atoms with Crippen LogP contribution in [0.25, 0.3) is 22.9 Å². The number of nitrogens with zero attached hydrogens (tertiary/aromatic N) is 2. The van der Waals surface area contributed by atoms with Crippen molar-refractivity contribution in [3.63, 3.8) is 0 Å². The van der Waals surface area contributed by atoms with E-state index in [0.717, 1.165) is 16.8 Å². The van der Waals surface area contributed by atoms with Crippen molar-refractivity contribution in [2.24, 2.45) is 0 Å². The van der Waals surface area contributed by atoms with Crippen LogP contribution in [0.1, 0.15) is 20.9 Å². The van der Waals surface area contributed by atoms with E-state index >= 15 is 0 Å². The van der Waals surface area contributed by atoms with Crippen molar-refractivity contribution in [1.29, 1.82) is 5.26 Å². The lowest BCUT2D eigenvalue weighted by Crippen LogP contribution is -2.00. The molecule has 0 N–H and O–H groups in total. The van der Waals surface area contributed by atoms with Gasteiger partial charge in [-0.2, -0.15) is 5.26 Å². The van der Waals surface area contributed by atoms with Crippen molar-refractivity contribution < 1.29 is 19.0 Å². The molecule has 0 amide bonds. The zero-order valence-corrected chi connectivity index (χ0v) is 16.9. The number of hydrogen-bond donors (Lipinski definition) is 0. The van der Waals surface area contributed by atoms with Crippen LogP contribution in [0, 0.1) is 11.3 Å². The predicted octanol–water partition coefficient (Wildman–Crippen LogP) is 4.68. The topological polar surface area (TPSA) is 81.4 Å². The molecule has 0 saturated heterocycles. The molecular formula is C22H18N2O4S. The molecule has 0 atom stereocenters. The third-order valence-corrected chi connectivity index (χ3v) is 5.05. The third kappa shape index (κ3) is 4.45. The van der Waals surface area contributed by atoms with E-state index in [9.17, 15) is 10.1 Å². The summed E-state index contributed by atoms with van der Waals surface area (Å²) in [5, 5.41) is 12.1. The fourth-order valence-corrected chi connectivity index (χ4v) is 3.46. The van der Waals surface area contributed by atoms with Crippen molar-refractivity contribution in [3.8, 4) is 28.8 Å². The number of aromatic nitrogens is 1. The number of benzene rings is 2. The smallest absolute Gasteiger partial charge is 0.337 e. The molecule has 1 aromatic heterocycles. The summed E-state index contributed by atoms with van der Waals surface area (Å²) in [7, 11) is 4.50. The highest BCUT2D eigenvalue weighted by Gasteiger charge is 2.12. The second-order valence-corrected chi connectivity index (χ2v) is 6.75. The first-order chi connectivity index (χ1) is 14.1. The van der Waals surface area contributed by atoms with Gasteiger partial charge in [-0.25, -0.2) is 9.78 Å². The maximum absolute atomic E-state index is 11.5. The molecular weight excluding hydrogens is 388 g/mol. The monoisotopic (exact) mass is 406 g/mol.